The Labute approximate surface area is 86.5 Å². The molecule has 0 saturated carbocycles. The highest BCUT2D eigenvalue weighted by molar-refractivity contribution is 6.11. The first-order valence-corrected chi connectivity index (χ1v) is 4.43. The van der Waals surface area contributed by atoms with Crippen molar-refractivity contribution in [3.05, 3.63) is 41.5 Å². The van der Waals surface area contributed by atoms with Crippen molar-refractivity contribution >= 4 is 17.6 Å². The fourth-order valence-electron chi connectivity index (χ4n) is 1.46. The molecule has 0 bridgehead atoms. The van der Waals surface area contributed by atoms with E-state index in [-0.39, 0.29) is 5.91 Å². The number of methoxy groups -OCH3 is 1. The van der Waals surface area contributed by atoms with E-state index in [1.54, 1.807) is 18.2 Å². The topological polar surface area (TPSA) is 55.4 Å². The third kappa shape index (κ3) is 1.61. The van der Waals surface area contributed by atoms with Gasteiger partial charge in [0, 0.05) is 17.2 Å². The molecule has 4 heteroatoms. The molecule has 0 unspecified atom stereocenters. The van der Waals surface area contributed by atoms with Crippen molar-refractivity contribution in [1.29, 1.82) is 0 Å². The maximum atomic E-state index is 11.4. The van der Waals surface area contributed by atoms with Gasteiger partial charge in [-0.25, -0.2) is 4.79 Å². The predicted octanol–water partition coefficient (Wildman–Crippen LogP) is 0.944. The summed E-state index contributed by atoms with van der Waals surface area (Å²) in [6.45, 7) is 0. The Morgan fingerprint density at radius 1 is 1.33 bits per heavy atom. The summed E-state index contributed by atoms with van der Waals surface area (Å²) in [6, 6.07) is 7.08. The fraction of sp³-hybridized carbons (Fsp3) is 0.0909. The summed E-state index contributed by atoms with van der Waals surface area (Å²) >= 11 is 0. The van der Waals surface area contributed by atoms with Crippen LogP contribution < -0.4 is 5.32 Å². The number of carbonyl (C=O) groups is 2. The van der Waals surface area contributed by atoms with Crippen LogP contribution in [-0.4, -0.2) is 19.0 Å². The van der Waals surface area contributed by atoms with Gasteiger partial charge < -0.3 is 10.1 Å². The average molecular weight is 203 g/mol. The number of ether oxygens (including phenoxy) is 1. The standard InChI is InChI=1S/C11H9NO3/c1-15-10(13)6-9-7-4-2-3-5-8(7)11(14)12-9/h2-6H,1H3,(H,12,14)/b9-6-. The van der Waals surface area contributed by atoms with Crippen molar-refractivity contribution in [2.75, 3.05) is 7.11 Å². The van der Waals surface area contributed by atoms with Gasteiger partial charge in [-0.2, -0.15) is 0 Å². The molecule has 0 aromatic heterocycles. The number of carbonyl (C=O) groups excluding carboxylic acids is 2. The second-order valence-corrected chi connectivity index (χ2v) is 3.08. The molecule has 4 nitrogen and oxygen atoms in total. The summed E-state index contributed by atoms with van der Waals surface area (Å²) in [4.78, 5) is 22.5. The SMILES string of the molecule is COC(=O)/C=C1\NC(=O)c2ccccc21. The molecular formula is C11H9NO3. The van der Waals surface area contributed by atoms with Crippen LogP contribution in [0, 0.1) is 0 Å². The summed E-state index contributed by atoms with van der Waals surface area (Å²) in [5.41, 5.74) is 1.79. The lowest BCUT2D eigenvalue weighted by Gasteiger charge is -1.98. The van der Waals surface area contributed by atoms with Crippen LogP contribution in [0.5, 0.6) is 0 Å². The molecule has 1 aliphatic heterocycles. The molecule has 1 N–H and O–H groups in total. The van der Waals surface area contributed by atoms with Crippen LogP contribution in [0.4, 0.5) is 0 Å². The van der Waals surface area contributed by atoms with Gasteiger partial charge in [0.1, 0.15) is 0 Å². The summed E-state index contributed by atoms with van der Waals surface area (Å²) in [7, 11) is 1.29. The van der Waals surface area contributed by atoms with E-state index in [4.69, 9.17) is 0 Å². The summed E-state index contributed by atoms with van der Waals surface area (Å²) in [6.07, 6.45) is 1.27. The predicted molar refractivity (Wildman–Crippen MR) is 53.9 cm³/mol. The van der Waals surface area contributed by atoms with Crippen LogP contribution in [0.3, 0.4) is 0 Å². The molecule has 1 amide bonds. The second-order valence-electron chi connectivity index (χ2n) is 3.08. The molecule has 76 valence electrons. The van der Waals surface area contributed by atoms with Gasteiger partial charge in [0.25, 0.3) is 5.91 Å². The Morgan fingerprint density at radius 2 is 2.00 bits per heavy atom. The highest BCUT2D eigenvalue weighted by Crippen LogP contribution is 2.23. The van der Waals surface area contributed by atoms with Crippen LogP contribution in [0.2, 0.25) is 0 Å². The van der Waals surface area contributed by atoms with E-state index in [9.17, 15) is 9.59 Å². The maximum absolute atomic E-state index is 11.4. The van der Waals surface area contributed by atoms with Crippen molar-refractivity contribution in [2.45, 2.75) is 0 Å². The van der Waals surface area contributed by atoms with Gasteiger partial charge in [-0.15, -0.1) is 0 Å². The van der Waals surface area contributed by atoms with Crippen molar-refractivity contribution in [3.63, 3.8) is 0 Å². The zero-order valence-electron chi connectivity index (χ0n) is 8.11. The summed E-state index contributed by atoms with van der Waals surface area (Å²) < 4.78 is 4.50. The van der Waals surface area contributed by atoms with Gasteiger partial charge in [0.05, 0.1) is 12.8 Å². The van der Waals surface area contributed by atoms with Gasteiger partial charge in [-0.3, -0.25) is 4.79 Å². The molecule has 0 spiro atoms. The van der Waals surface area contributed by atoms with Crippen molar-refractivity contribution in [1.82, 2.24) is 5.32 Å². The monoisotopic (exact) mass is 203 g/mol. The lowest BCUT2D eigenvalue weighted by molar-refractivity contribution is -0.134. The van der Waals surface area contributed by atoms with E-state index in [0.717, 1.165) is 5.56 Å². The Hall–Kier alpha value is -2.10. The van der Waals surface area contributed by atoms with Crippen LogP contribution in [-0.2, 0) is 9.53 Å². The van der Waals surface area contributed by atoms with Gasteiger partial charge in [-0.1, -0.05) is 18.2 Å². The molecule has 1 heterocycles. The fourth-order valence-corrected chi connectivity index (χ4v) is 1.46. The molecule has 0 radical (unpaired) electrons. The number of esters is 1. The van der Waals surface area contributed by atoms with E-state index in [1.165, 1.54) is 13.2 Å². The van der Waals surface area contributed by atoms with Crippen molar-refractivity contribution < 1.29 is 14.3 Å². The van der Waals surface area contributed by atoms with Crippen LogP contribution in [0.1, 0.15) is 15.9 Å². The smallest absolute Gasteiger partial charge is 0.332 e. The highest BCUT2D eigenvalue weighted by Gasteiger charge is 2.23. The minimum absolute atomic E-state index is 0.194. The quantitative estimate of drug-likeness (QED) is 0.546. The molecule has 1 aromatic carbocycles. The van der Waals surface area contributed by atoms with E-state index in [0.29, 0.717) is 11.3 Å². The first-order chi connectivity index (χ1) is 7.22. The van der Waals surface area contributed by atoms with Gasteiger partial charge in [0.2, 0.25) is 0 Å². The molecule has 15 heavy (non-hydrogen) atoms. The zero-order chi connectivity index (χ0) is 10.8. The van der Waals surface area contributed by atoms with E-state index in [1.807, 2.05) is 6.07 Å². The minimum atomic E-state index is -0.484. The number of rotatable bonds is 1. The van der Waals surface area contributed by atoms with Crippen LogP contribution in [0.15, 0.2) is 30.3 Å². The normalized spacial score (nSPS) is 16.1. The van der Waals surface area contributed by atoms with E-state index < -0.39 is 5.97 Å². The Bertz CT molecular complexity index is 463. The van der Waals surface area contributed by atoms with Crippen molar-refractivity contribution in [2.24, 2.45) is 0 Å². The number of amides is 1. The van der Waals surface area contributed by atoms with Crippen LogP contribution >= 0.6 is 0 Å². The largest absolute Gasteiger partial charge is 0.466 e. The Kier molecular flexibility index (Phi) is 2.25. The molecule has 0 saturated heterocycles. The zero-order valence-corrected chi connectivity index (χ0v) is 8.11. The summed E-state index contributed by atoms with van der Waals surface area (Å²) in [5, 5.41) is 2.61. The molecule has 2 rings (SSSR count). The van der Waals surface area contributed by atoms with Crippen LogP contribution in [0.25, 0.3) is 5.70 Å². The average Bonchev–Trinajstić information content (AvgIpc) is 2.57. The molecule has 0 aliphatic carbocycles. The molecule has 1 aromatic rings. The number of benzene rings is 1. The van der Waals surface area contributed by atoms with Gasteiger partial charge in [0.15, 0.2) is 0 Å². The van der Waals surface area contributed by atoms with E-state index >= 15 is 0 Å². The van der Waals surface area contributed by atoms with E-state index in [2.05, 4.69) is 10.1 Å². The first kappa shape index (κ1) is 9.45. The Balaban J connectivity index is 2.45. The number of hydrogen-bond acceptors (Lipinski definition) is 3. The third-order valence-electron chi connectivity index (χ3n) is 2.17. The van der Waals surface area contributed by atoms with Crippen molar-refractivity contribution in [3.8, 4) is 0 Å². The number of nitrogens with one attached hydrogen (secondary N) is 1. The summed E-state index contributed by atoms with van der Waals surface area (Å²) in [5.74, 6) is -0.678. The Morgan fingerprint density at radius 3 is 2.67 bits per heavy atom. The lowest BCUT2D eigenvalue weighted by Crippen LogP contribution is -2.13. The minimum Gasteiger partial charge on any atom is -0.466 e. The molecule has 0 fully saturated rings. The number of hydrogen-bond donors (Lipinski definition) is 1. The van der Waals surface area contributed by atoms with Gasteiger partial charge >= 0.3 is 5.97 Å². The lowest BCUT2D eigenvalue weighted by atomic mass is 10.1. The molecule has 1 aliphatic rings. The molecular weight excluding hydrogens is 194 g/mol. The van der Waals surface area contributed by atoms with Gasteiger partial charge in [-0.05, 0) is 6.07 Å². The highest BCUT2D eigenvalue weighted by atomic mass is 16.5. The molecule has 0 atom stereocenters. The maximum Gasteiger partial charge on any atom is 0.332 e. The number of fused-ring (bicyclic) bond motifs is 1. The first-order valence-electron chi connectivity index (χ1n) is 4.43. The third-order valence-corrected chi connectivity index (χ3v) is 2.17. The second kappa shape index (κ2) is 3.57.